The predicted molar refractivity (Wildman–Crippen MR) is 130 cm³/mol. The molecule has 3 aromatic rings. The second-order valence-corrected chi connectivity index (χ2v) is 7.75. The van der Waals surface area contributed by atoms with Crippen LogP contribution in [0.3, 0.4) is 0 Å². The molecule has 3 rings (SSSR count). The molecule has 0 aliphatic carbocycles. The molecule has 0 atom stereocenters. The zero-order chi connectivity index (χ0) is 24.5. The van der Waals surface area contributed by atoms with E-state index < -0.39 is 0 Å². The normalized spacial score (nSPS) is 10.9. The highest BCUT2D eigenvalue weighted by Crippen LogP contribution is 2.32. The number of aromatic nitrogens is 3. The molecule has 34 heavy (non-hydrogen) atoms. The highest BCUT2D eigenvalue weighted by molar-refractivity contribution is 7.99. The van der Waals surface area contributed by atoms with E-state index in [9.17, 15) is 4.79 Å². The molecule has 0 unspecified atom stereocenters. The largest absolute Gasteiger partial charge is 0.497 e. The van der Waals surface area contributed by atoms with Gasteiger partial charge in [-0.1, -0.05) is 11.8 Å². The quantitative estimate of drug-likeness (QED) is 0.250. The molecule has 1 N–H and O–H groups in total. The van der Waals surface area contributed by atoms with Crippen molar-refractivity contribution in [1.29, 1.82) is 0 Å². The Morgan fingerprint density at radius 1 is 1.00 bits per heavy atom. The Labute approximate surface area is 202 Å². The van der Waals surface area contributed by atoms with Crippen LogP contribution in [0, 0.1) is 0 Å². The molecule has 0 saturated carbocycles. The first kappa shape index (κ1) is 24.9. The summed E-state index contributed by atoms with van der Waals surface area (Å²) >= 11 is 1.28. The van der Waals surface area contributed by atoms with Crippen molar-refractivity contribution >= 4 is 23.9 Å². The molecule has 0 fully saturated rings. The molecule has 0 radical (unpaired) electrons. The third kappa shape index (κ3) is 5.79. The van der Waals surface area contributed by atoms with Crippen LogP contribution in [0.2, 0.25) is 0 Å². The zero-order valence-corrected chi connectivity index (χ0v) is 20.5. The summed E-state index contributed by atoms with van der Waals surface area (Å²) in [5.74, 6) is 3.03. The fourth-order valence-electron chi connectivity index (χ4n) is 3.15. The van der Waals surface area contributed by atoms with E-state index in [0.29, 0.717) is 46.1 Å². The Kier molecular flexibility index (Phi) is 8.74. The van der Waals surface area contributed by atoms with Gasteiger partial charge in [0.25, 0.3) is 5.91 Å². The molecular weight excluding hydrogens is 458 g/mol. The first-order valence-electron chi connectivity index (χ1n) is 10.4. The molecule has 1 aromatic heterocycles. The van der Waals surface area contributed by atoms with Crippen molar-refractivity contribution in [2.24, 2.45) is 5.10 Å². The molecule has 0 saturated heterocycles. The van der Waals surface area contributed by atoms with Crippen molar-refractivity contribution in [2.45, 2.75) is 18.6 Å². The number of hydrazone groups is 1. The van der Waals surface area contributed by atoms with Gasteiger partial charge in [-0.15, -0.1) is 10.2 Å². The van der Waals surface area contributed by atoms with Crippen LogP contribution in [0.1, 0.15) is 12.5 Å². The van der Waals surface area contributed by atoms with Crippen LogP contribution >= 0.6 is 11.8 Å². The number of methoxy groups -OCH3 is 4. The maximum atomic E-state index is 12.3. The molecule has 1 amide bonds. The third-order valence-corrected chi connectivity index (χ3v) is 5.80. The fourth-order valence-corrected chi connectivity index (χ4v) is 3.94. The first-order valence-corrected chi connectivity index (χ1v) is 11.3. The number of benzene rings is 2. The van der Waals surface area contributed by atoms with Gasteiger partial charge in [-0.3, -0.25) is 4.79 Å². The Balaban J connectivity index is 1.66. The minimum Gasteiger partial charge on any atom is -0.497 e. The molecular formula is C23H27N5O5S. The number of hydrogen-bond donors (Lipinski definition) is 1. The number of thioether (sulfide) groups is 1. The summed E-state index contributed by atoms with van der Waals surface area (Å²) < 4.78 is 23.1. The van der Waals surface area contributed by atoms with Crippen molar-refractivity contribution < 1.29 is 23.7 Å². The van der Waals surface area contributed by atoms with Crippen molar-refractivity contribution in [1.82, 2.24) is 20.2 Å². The monoisotopic (exact) mass is 485 g/mol. The molecule has 0 bridgehead atoms. The van der Waals surface area contributed by atoms with Gasteiger partial charge in [0.15, 0.2) is 22.5 Å². The van der Waals surface area contributed by atoms with Crippen LogP contribution in [0.25, 0.3) is 11.4 Å². The average Bonchev–Trinajstić information content (AvgIpc) is 3.29. The summed E-state index contributed by atoms with van der Waals surface area (Å²) in [5.41, 5.74) is 4.03. The third-order valence-electron chi connectivity index (χ3n) is 4.84. The van der Waals surface area contributed by atoms with E-state index in [4.69, 9.17) is 18.9 Å². The average molecular weight is 486 g/mol. The number of amides is 1. The minimum atomic E-state index is -0.276. The number of hydrogen-bond acceptors (Lipinski definition) is 9. The zero-order valence-electron chi connectivity index (χ0n) is 19.7. The van der Waals surface area contributed by atoms with Crippen LogP contribution in [-0.4, -0.2) is 61.1 Å². The number of nitrogens with one attached hydrogen (secondary N) is 1. The molecule has 11 heteroatoms. The van der Waals surface area contributed by atoms with Gasteiger partial charge in [0.1, 0.15) is 11.5 Å². The lowest BCUT2D eigenvalue weighted by molar-refractivity contribution is -0.118. The van der Waals surface area contributed by atoms with E-state index in [1.165, 1.54) is 18.0 Å². The van der Waals surface area contributed by atoms with Gasteiger partial charge in [-0.25, -0.2) is 5.43 Å². The Hall–Kier alpha value is -3.73. The van der Waals surface area contributed by atoms with E-state index in [1.807, 2.05) is 29.7 Å². The van der Waals surface area contributed by atoms with E-state index in [2.05, 4.69) is 20.7 Å². The van der Waals surface area contributed by atoms with Crippen molar-refractivity contribution in [3.63, 3.8) is 0 Å². The van der Waals surface area contributed by atoms with Gasteiger partial charge in [-0.05, 0) is 43.3 Å². The Morgan fingerprint density at radius 2 is 1.74 bits per heavy atom. The van der Waals surface area contributed by atoms with E-state index in [-0.39, 0.29) is 11.7 Å². The lowest BCUT2D eigenvalue weighted by atomic mass is 10.2. The van der Waals surface area contributed by atoms with E-state index in [0.717, 1.165) is 5.56 Å². The van der Waals surface area contributed by atoms with E-state index >= 15 is 0 Å². The maximum absolute atomic E-state index is 12.3. The van der Waals surface area contributed by atoms with Gasteiger partial charge >= 0.3 is 0 Å². The van der Waals surface area contributed by atoms with Gasteiger partial charge in [0.2, 0.25) is 0 Å². The predicted octanol–water partition coefficient (Wildman–Crippen LogP) is 3.24. The number of carbonyl (C=O) groups excluding carboxylic acids is 1. The maximum Gasteiger partial charge on any atom is 0.250 e. The highest BCUT2D eigenvalue weighted by Gasteiger charge is 2.16. The number of ether oxygens (including phenoxy) is 4. The van der Waals surface area contributed by atoms with Crippen molar-refractivity contribution in [2.75, 3.05) is 34.2 Å². The minimum absolute atomic E-state index is 0.122. The van der Waals surface area contributed by atoms with Crippen LogP contribution in [0.15, 0.2) is 46.7 Å². The number of rotatable bonds is 11. The standard InChI is InChI=1S/C23H27N5O5S/c1-6-28-22(15-7-9-19(32-4)20(12-15)33-5)26-27-23(28)34-14-21(29)25-24-13-16-11-17(30-2)8-10-18(16)31-3/h7-13H,6,14H2,1-5H3,(H,25,29)/b24-13-. The number of carbonyl (C=O) groups is 1. The van der Waals surface area contributed by atoms with Crippen LogP contribution in [0.5, 0.6) is 23.0 Å². The van der Waals surface area contributed by atoms with Crippen LogP contribution in [-0.2, 0) is 11.3 Å². The lowest BCUT2D eigenvalue weighted by Gasteiger charge is -2.10. The molecule has 10 nitrogen and oxygen atoms in total. The SMILES string of the molecule is CCn1c(SCC(=O)N/N=C\c2cc(OC)ccc2OC)nnc1-c1ccc(OC)c(OC)c1. The first-order chi connectivity index (χ1) is 16.5. The summed E-state index contributed by atoms with van der Waals surface area (Å²) in [6, 6.07) is 10.9. The van der Waals surface area contributed by atoms with Gasteiger partial charge in [-0.2, -0.15) is 5.10 Å². The van der Waals surface area contributed by atoms with E-state index in [1.54, 1.807) is 46.6 Å². The van der Waals surface area contributed by atoms with Gasteiger partial charge in [0.05, 0.1) is 40.4 Å². The number of nitrogens with zero attached hydrogens (tertiary/aromatic N) is 4. The Morgan fingerprint density at radius 3 is 2.41 bits per heavy atom. The highest BCUT2D eigenvalue weighted by atomic mass is 32.2. The summed E-state index contributed by atoms with van der Waals surface area (Å²) in [6.07, 6.45) is 1.51. The summed E-state index contributed by atoms with van der Waals surface area (Å²) in [7, 11) is 6.31. The van der Waals surface area contributed by atoms with Crippen LogP contribution in [0.4, 0.5) is 0 Å². The van der Waals surface area contributed by atoms with Gasteiger partial charge < -0.3 is 23.5 Å². The molecule has 1 heterocycles. The summed E-state index contributed by atoms with van der Waals surface area (Å²) in [6.45, 7) is 2.62. The molecule has 180 valence electrons. The summed E-state index contributed by atoms with van der Waals surface area (Å²) in [4.78, 5) is 12.3. The van der Waals surface area contributed by atoms with Crippen molar-refractivity contribution in [3.05, 3.63) is 42.0 Å². The Bertz CT molecular complexity index is 1160. The molecule has 0 aliphatic rings. The second-order valence-electron chi connectivity index (χ2n) is 6.81. The molecule has 2 aromatic carbocycles. The fraction of sp³-hybridized carbons (Fsp3) is 0.304. The van der Waals surface area contributed by atoms with Crippen molar-refractivity contribution in [3.8, 4) is 34.4 Å². The van der Waals surface area contributed by atoms with Gasteiger partial charge in [0, 0.05) is 17.7 Å². The second kappa shape index (κ2) is 11.9. The lowest BCUT2D eigenvalue weighted by Crippen LogP contribution is -2.20. The van der Waals surface area contributed by atoms with Crippen LogP contribution < -0.4 is 24.4 Å². The molecule has 0 aliphatic heterocycles. The topological polar surface area (TPSA) is 109 Å². The molecule has 0 spiro atoms. The summed E-state index contributed by atoms with van der Waals surface area (Å²) in [5, 5.41) is 13.2. The smallest absolute Gasteiger partial charge is 0.250 e.